The number of rotatable bonds is 3. The summed E-state index contributed by atoms with van der Waals surface area (Å²) in [5.74, 6) is 0.156. The lowest BCUT2D eigenvalue weighted by atomic mass is 10.2. The summed E-state index contributed by atoms with van der Waals surface area (Å²) in [4.78, 5) is 23.3. The van der Waals surface area contributed by atoms with Crippen molar-refractivity contribution in [2.24, 2.45) is 5.73 Å². The molecule has 0 bridgehead atoms. The van der Waals surface area contributed by atoms with E-state index in [9.17, 15) is 9.59 Å². The van der Waals surface area contributed by atoms with Crippen LogP contribution >= 0.6 is 11.8 Å². The van der Waals surface area contributed by atoms with Crippen molar-refractivity contribution in [2.45, 2.75) is 19.4 Å². The number of thioether (sulfide) groups is 1. The second kappa shape index (κ2) is 3.91. The van der Waals surface area contributed by atoms with E-state index in [0.717, 1.165) is 18.2 Å². The summed E-state index contributed by atoms with van der Waals surface area (Å²) < 4.78 is 0. The van der Waals surface area contributed by atoms with Crippen molar-refractivity contribution in [3.05, 3.63) is 0 Å². The minimum atomic E-state index is -0.163. The van der Waals surface area contributed by atoms with Crippen LogP contribution in [0.1, 0.15) is 13.3 Å². The summed E-state index contributed by atoms with van der Waals surface area (Å²) in [5, 5.41) is -0.163. The normalized spacial score (nSPS) is 20.3. The average Bonchev–Trinajstić information content (AvgIpc) is 2.35. The van der Waals surface area contributed by atoms with Crippen LogP contribution in [0.2, 0.25) is 0 Å². The minimum Gasteiger partial charge on any atom is -0.326 e. The lowest BCUT2D eigenvalue weighted by molar-refractivity contribution is -0.124. The fourth-order valence-electron chi connectivity index (χ4n) is 0.921. The van der Waals surface area contributed by atoms with Crippen molar-refractivity contribution in [2.75, 3.05) is 12.3 Å². The first-order valence-corrected chi connectivity index (χ1v) is 4.86. The summed E-state index contributed by atoms with van der Waals surface area (Å²) in [6, 6.07) is -0.0865. The van der Waals surface area contributed by atoms with Crippen molar-refractivity contribution in [1.82, 2.24) is 4.90 Å². The van der Waals surface area contributed by atoms with Crippen LogP contribution in [-0.2, 0) is 4.79 Å². The van der Waals surface area contributed by atoms with Gasteiger partial charge in [-0.1, -0.05) is 18.7 Å². The fraction of sp³-hybridized carbons (Fsp3) is 0.714. The first-order chi connectivity index (χ1) is 5.65. The Bertz CT molecular complexity index is 192. The summed E-state index contributed by atoms with van der Waals surface area (Å²) in [6.45, 7) is 2.30. The molecule has 68 valence electrons. The zero-order valence-corrected chi connectivity index (χ0v) is 7.76. The Morgan fingerprint density at radius 1 is 1.67 bits per heavy atom. The van der Waals surface area contributed by atoms with Crippen LogP contribution in [0.4, 0.5) is 4.79 Å². The van der Waals surface area contributed by atoms with Gasteiger partial charge in [0.2, 0.25) is 5.91 Å². The molecule has 5 heteroatoms. The SMILES string of the molecule is CC[C@@H](N)CN1C(=O)CSC1=O. The molecule has 2 N–H and O–H groups in total. The van der Waals surface area contributed by atoms with Gasteiger partial charge in [-0.2, -0.15) is 0 Å². The smallest absolute Gasteiger partial charge is 0.288 e. The Morgan fingerprint density at radius 3 is 2.75 bits per heavy atom. The van der Waals surface area contributed by atoms with E-state index >= 15 is 0 Å². The molecule has 0 radical (unpaired) electrons. The topological polar surface area (TPSA) is 63.4 Å². The van der Waals surface area contributed by atoms with E-state index in [4.69, 9.17) is 5.73 Å². The second-order valence-electron chi connectivity index (χ2n) is 2.73. The third-order valence-electron chi connectivity index (χ3n) is 1.78. The van der Waals surface area contributed by atoms with Gasteiger partial charge in [-0.15, -0.1) is 0 Å². The Hall–Kier alpha value is -0.550. The van der Waals surface area contributed by atoms with Gasteiger partial charge >= 0.3 is 0 Å². The van der Waals surface area contributed by atoms with Gasteiger partial charge in [0.25, 0.3) is 5.24 Å². The number of hydrogen-bond donors (Lipinski definition) is 1. The van der Waals surface area contributed by atoms with Gasteiger partial charge in [0.05, 0.1) is 5.75 Å². The molecule has 0 unspecified atom stereocenters. The molecule has 1 rings (SSSR count). The van der Waals surface area contributed by atoms with Crippen LogP contribution in [0, 0.1) is 0 Å². The van der Waals surface area contributed by atoms with Crippen LogP contribution in [0.25, 0.3) is 0 Å². The first kappa shape index (κ1) is 9.54. The maximum atomic E-state index is 11.1. The Kier molecular flexibility index (Phi) is 3.11. The van der Waals surface area contributed by atoms with Crippen molar-refractivity contribution in [1.29, 1.82) is 0 Å². The Balaban J connectivity index is 2.50. The molecule has 1 saturated heterocycles. The van der Waals surface area contributed by atoms with E-state index in [1.54, 1.807) is 0 Å². The van der Waals surface area contributed by atoms with Crippen molar-refractivity contribution >= 4 is 22.9 Å². The highest BCUT2D eigenvalue weighted by molar-refractivity contribution is 8.14. The molecule has 0 saturated carbocycles. The van der Waals surface area contributed by atoms with E-state index in [-0.39, 0.29) is 22.9 Å². The molecular weight excluding hydrogens is 176 g/mol. The van der Waals surface area contributed by atoms with Crippen LogP contribution in [0.15, 0.2) is 0 Å². The summed E-state index contributed by atoms with van der Waals surface area (Å²) in [7, 11) is 0. The molecule has 0 aromatic rings. The molecule has 1 heterocycles. The Labute approximate surface area is 75.5 Å². The summed E-state index contributed by atoms with van der Waals surface area (Å²) in [6.07, 6.45) is 0.779. The van der Waals surface area contributed by atoms with E-state index < -0.39 is 0 Å². The van der Waals surface area contributed by atoms with Gasteiger partial charge < -0.3 is 5.73 Å². The summed E-state index contributed by atoms with van der Waals surface area (Å²) >= 11 is 1.05. The van der Waals surface area contributed by atoms with Crippen LogP contribution in [-0.4, -0.2) is 34.4 Å². The number of nitrogens with two attached hydrogens (primary N) is 1. The highest BCUT2D eigenvalue weighted by Crippen LogP contribution is 2.18. The lowest BCUT2D eigenvalue weighted by Crippen LogP contribution is -2.39. The zero-order valence-electron chi connectivity index (χ0n) is 6.95. The molecule has 0 aromatic carbocycles. The van der Waals surface area contributed by atoms with Gasteiger partial charge in [-0.05, 0) is 6.42 Å². The van der Waals surface area contributed by atoms with Crippen LogP contribution in [0.5, 0.6) is 0 Å². The molecule has 12 heavy (non-hydrogen) atoms. The number of nitrogens with zero attached hydrogens (tertiary/aromatic N) is 1. The van der Waals surface area contributed by atoms with Crippen molar-refractivity contribution < 1.29 is 9.59 Å². The van der Waals surface area contributed by atoms with Gasteiger partial charge in [-0.25, -0.2) is 0 Å². The predicted octanol–water partition coefficient (Wildman–Crippen LogP) is 0.419. The monoisotopic (exact) mass is 188 g/mol. The standard InChI is InChI=1S/C7H12N2O2S/c1-2-5(8)3-9-6(10)4-12-7(9)11/h5H,2-4,8H2,1H3/t5-/m1/s1. The number of hydrogen-bond acceptors (Lipinski definition) is 4. The van der Waals surface area contributed by atoms with E-state index in [0.29, 0.717) is 6.54 Å². The highest BCUT2D eigenvalue weighted by atomic mass is 32.2. The predicted molar refractivity (Wildman–Crippen MR) is 47.8 cm³/mol. The fourth-order valence-corrected chi connectivity index (χ4v) is 1.66. The maximum Gasteiger partial charge on any atom is 0.288 e. The largest absolute Gasteiger partial charge is 0.326 e. The average molecular weight is 188 g/mol. The Morgan fingerprint density at radius 2 is 2.33 bits per heavy atom. The molecule has 1 aliphatic heterocycles. The second-order valence-corrected chi connectivity index (χ2v) is 3.65. The number of carbonyl (C=O) groups is 2. The number of amides is 2. The molecule has 2 amide bonds. The van der Waals surface area contributed by atoms with Gasteiger partial charge in [0, 0.05) is 12.6 Å². The zero-order chi connectivity index (χ0) is 9.14. The van der Waals surface area contributed by atoms with E-state index in [1.165, 1.54) is 4.90 Å². The molecule has 0 aromatic heterocycles. The third kappa shape index (κ3) is 1.98. The van der Waals surface area contributed by atoms with Crippen molar-refractivity contribution in [3.63, 3.8) is 0 Å². The first-order valence-electron chi connectivity index (χ1n) is 3.87. The molecule has 0 spiro atoms. The lowest BCUT2D eigenvalue weighted by Gasteiger charge is -2.16. The van der Waals surface area contributed by atoms with Crippen LogP contribution < -0.4 is 5.73 Å². The van der Waals surface area contributed by atoms with Gasteiger partial charge in [0.1, 0.15) is 0 Å². The summed E-state index contributed by atoms with van der Waals surface area (Å²) in [5.41, 5.74) is 5.62. The molecule has 4 nitrogen and oxygen atoms in total. The third-order valence-corrected chi connectivity index (χ3v) is 2.64. The number of carbonyl (C=O) groups excluding carboxylic acids is 2. The number of imide groups is 1. The van der Waals surface area contributed by atoms with Gasteiger partial charge in [0.15, 0.2) is 0 Å². The molecular formula is C7H12N2O2S. The van der Waals surface area contributed by atoms with E-state index in [1.807, 2.05) is 6.92 Å². The quantitative estimate of drug-likeness (QED) is 0.697. The molecule has 1 fully saturated rings. The van der Waals surface area contributed by atoms with Crippen LogP contribution in [0.3, 0.4) is 0 Å². The molecule has 1 atom stereocenters. The van der Waals surface area contributed by atoms with E-state index in [2.05, 4.69) is 0 Å². The van der Waals surface area contributed by atoms with Gasteiger partial charge in [-0.3, -0.25) is 14.5 Å². The minimum absolute atomic E-state index is 0.0865. The maximum absolute atomic E-state index is 11.1. The highest BCUT2D eigenvalue weighted by Gasteiger charge is 2.30. The van der Waals surface area contributed by atoms with Crippen molar-refractivity contribution in [3.8, 4) is 0 Å². The molecule has 1 aliphatic rings. The molecule has 0 aliphatic carbocycles.